The van der Waals surface area contributed by atoms with E-state index in [0.29, 0.717) is 13.1 Å². The third-order valence-corrected chi connectivity index (χ3v) is 1.99. The quantitative estimate of drug-likeness (QED) is 0.750. The molecule has 1 aromatic rings. The Bertz CT molecular complexity index is 402. The predicted octanol–water partition coefficient (Wildman–Crippen LogP) is 1.95. The molecule has 0 aliphatic carbocycles. The second-order valence-corrected chi connectivity index (χ2v) is 3.56. The number of halogens is 1. The lowest BCUT2D eigenvalue weighted by Gasteiger charge is -2.04. The first-order chi connectivity index (χ1) is 7.58. The van der Waals surface area contributed by atoms with Gasteiger partial charge < -0.3 is 10.4 Å². The van der Waals surface area contributed by atoms with Crippen LogP contribution in [0.3, 0.4) is 0 Å². The minimum atomic E-state index is -0.954. The van der Waals surface area contributed by atoms with Gasteiger partial charge in [-0.05, 0) is 24.6 Å². The monoisotopic (exact) mass is 223 g/mol. The molecule has 0 saturated carbocycles. The zero-order valence-electron chi connectivity index (χ0n) is 9.03. The standard InChI is InChI=1S/C12H14FNO2/c1-9(5-12(15)16)7-14-8-10-3-2-4-11(13)6-10/h2-6,14H,7-8H2,1H3,(H,15,16)/b9-5-. The average molecular weight is 223 g/mol. The lowest BCUT2D eigenvalue weighted by atomic mass is 10.2. The van der Waals surface area contributed by atoms with Crippen molar-refractivity contribution in [2.45, 2.75) is 13.5 Å². The predicted molar refractivity (Wildman–Crippen MR) is 59.5 cm³/mol. The van der Waals surface area contributed by atoms with Crippen LogP contribution in [0.4, 0.5) is 4.39 Å². The molecule has 0 aliphatic rings. The third kappa shape index (κ3) is 4.70. The van der Waals surface area contributed by atoms with Crippen LogP contribution in [0.5, 0.6) is 0 Å². The molecule has 0 heterocycles. The van der Waals surface area contributed by atoms with Gasteiger partial charge in [-0.3, -0.25) is 0 Å². The first kappa shape index (κ1) is 12.4. The van der Waals surface area contributed by atoms with Gasteiger partial charge in [0.2, 0.25) is 0 Å². The van der Waals surface area contributed by atoms with Gasteiger partial charge in [0.05, 0.1) is 0 Å². The second-order valence-electron chi connectivity index (χ2n) is 3.56. The van der Waals surface area contributed by atoms with Crippen molar-refractivity contribution in [3.05, 3.63) is 47.3 Å². The van der Waals surface area contributed by atoms with Gasteiger partial charge in [0.1, 0.15) is 5.82 Å². The van der Waals surface area contributed by atoms with Gasteiger partial charge in [-0.2, -0.15) is 0 Å². The summed E-state index contributed by atoms with van der Waals surface area (Å²) in [6.45, 7) is 2.72. The molecule has 1 aromatic carbocycles. The zero-order chi connectivity index (χ0) is 12.0. The first-order valence-corrected chi connectivity index (χ1v) is 4.93. The molecule has 4 heteroatoms. The molecule has 86 valence electrons. The van der Waals surface area contributed by atoms with E-state index in [2.05, 4.69) is 5.32 Å². The Morgan fingerprint density at radius 1 is 1.56 bits per heavy atom. The van der Waals surface area contributed by atoms with Crippen molar-refractivity contribution in [1.29, 1.82) is 0 Å². The Labute approximate surface area is 93.6 Å². The Kier molecular flexibility index (Phi) is 4.66. The number of hydrogen-bond donors (Lipinski definition) is 2. The van der Waals surface area contributed by atoms with E-state index < -0.39 is 5.97 Å². The topological polar surface area (TPSA) is 49.3 Å². The van der Waals surface area contributed by atoms with Gasteiger partial charge >= 0.3 is 5.97 Å². The Hall–Kier alpha value is -1.68. The number of carbonyl (C=O) groups is 1. The highest BCUT2D eigenvalue weighted by molar-refractivity contribution is 5.80. The molecule has 0 aliphatic heterocycles. The molecule has 16 heavy (non-hydrogen) atoms. The highest BCUT2D eigenvalue weighted by Gasteiger charge is 1.96. The minimum Gasteiger partial charge on any atom is -0.478 e. The van der Waals surface area contributed by atoms with Crippen LogP contribution in [0.2, 0.25) is 0 Å². The first-order valence-electron chi connectivity index (χ1n) is 4.93. The van der Waals surface area contributed by atoms with Gasteiger partial charge in [-0.25, -0.2) is 9.18 Å². The molecule has 0 fully saturated rings. The fourth-order valence-corrected chi connectivity index (χ4v) is 1.31. The molecule has 0 radical (unpaired) electrons. The summed E-state index contributed by atoms with van der Waals surface area (Å²) in [6.07, 6.45) is 1.15. The van der Waals surface area contributed by atoms with E-state index in [1.807, 2.05) is 6.07 Å². The summed E-state index contributed by atoms with van der Waals surface area (Å²) in [7, 11) is 0. The fraction of sp³-hybridized carbons (Fsp3) is 0.250. The number of carboxylic acid groups (broad SMARTS) is 1. The largest absolute Gasteiger partial charge is 0.478 e. The molecule has 0 unspecified atom stereocenters. The van der Waals surface area contributed by atoms with Gasteiger partial charge in [0.25, 0.3) is 0 Å². The number of benzene rings is 1. The normalized spacial score (nSPS) is 11.5. The van der Waals surface area contributed by atoms with Crippen LogP contribution in [0, 0.1) is 5.82 Å². The van der Waals surface area contributed by atoms with E-state index in [0.717, 1.165) is 17.2 Å². The van der Waals surface area contributed by atoms with Crippen molar-refractivity contribution < 1.29 is 14.3 Å². The Balaban J connectivity index is 2.39. The van der Waals surface area contributed by atoms with E-state index in [1.165, 1.54) is 12.1 Å². The molecule has 0 aromatic heterocycles. The van der Waals surface area contributed by atoms with Crippen molar-refractivity contribution in [1.82, 2.24) is 5.32 Å². The molecule has 2 N–H and O–H groups in total. The summed E-state index contributed by atoms with van der Waals surface area (Å²) in [4.78, 5) is 10.3. The van der Waals surface area contributed by atoms with Crippen LogP contribution in [0.25, 0.3) is 0 Å². The summed E-state index contributed by atoms with van der Waals surface area (Å²) >= 11 is 0. The molecule has 3 nitrogen and oxygen atoms in total. The maximum atomic E-state index is 12.8. The molecule has 0 amide bonds. The van der Waals surface area contributed by atoms with Crippen LogP contribution in [-0.4, -0.2) is 17.6 Å². The van der Waals surface area contributed by atoms with Crippen LogP contribution in [0.1, 0.15) is 12.5 Å². The highest BCUT2D eigenvalue weighted by atomic mass is 19.1. The molecule has 0 saturated heterocycles. The maximum Gasteiger partial charge on any atom is 0.328 e. The van der Waals surface area contributed by atoms with Crippen molar-refractivity contribution in [2.75, 3.05) is 6.54 Å². The van der Waals surface area contributed by atoms with Crippen LogP contribution < -0.4 is 5.32 Å². The molecule has 0 spiro atoms. The summed E-state index contributed by atoms with van der Waals surface area (Å²) in [5.74, 6) is -1.22. The van der Waals surface area contributed by atoms with Gasteiger partial charge in [-0.15, -0.1) is 0 Å². The summed E-state index contributed by atoms with van der Waals surface area (Å²) in [6, 6.07) is 6.29. The van der Waals surface area contributed by atoms with Crippen molar-refractivity contribution in [2.24, 2.45) is 0 Å². The lowest BCUT2D eigenvalue weighted by molar-refractivity contribution is -0.131. The Morgan fingerprint density at radius 2 is 2.31 bits per heavy atom. The number of hydrogen-bond acceptors (Lipinski definition) is 2. The van der Waals surface area contributed by atoms with Crippen LogP contribution >= 0.6 is 0 Å². The third-order valence-electron chi connectivity index (χ3n) is 1.99. The van der Waals surface area contributed by atoms with E-state index in [-0.39, 0.29) is 5.82 Å². The highest BCUT2D eigenvalue weighted by Crippen LogP contribution is 2.03. The zero-order valence-corrected chi connectivity index (χ0v) is 9.03. The smallest absolute Gasteiger partial charge is 0.328 e. The summed E-state index contributed by atoms with van der Waals surface area (Å²) < 4.78 is 12.8. The van der Waals surface area contributed by atoms with Gasteiger partial charge in [0, 0.05) is 19.2 Å². The van der Waals surface area contributed by atoms with E-state index >= 15 is 0 Å². The summed E-state index contributed by atoms with van der Waals surface area (Å²) in [5.41, 5.74) is 1.56. The maximum absolute atomic E-state index is 12.8. The van der Waals surface area contributed by atoms with E-state index in [1.54, 1.807) is 13.0 Å². The fourth-order valence-electron chi connectivity index (χ4n) is 1.31. The van der Waals surface area contributed by atoms with Gasteiger partial charge in [-0.1, -0.05) is 17.7 Å². The molecule has 0 atom stereocenters. The molecular formula is C12H14FNO2. The van der Waals surface area contributed by atoms with Crippen LogP contribution in [0.15, 0.2) is 35.9 Å². The summed E-state index contributed by atoms with van der Waals surface area (Å²) in [5, 5.41) is 11.5. The SMILES string of the molecule is C/C(=C/C(=O)O)CNCc1cccc(F)c1. The molecular weight excluding hydrogens is 209 g/mol. The van der Waals surface area contributed by atoms with E-state index in [9.17, 15) is 9.18 Å². The number of aliphatic carboxylic acids is 1. The lowest BCUT2D eigenvalue weighted by Crippen LogP contribution is -2.16. The van der Waals surface area contributed by atoms with Crippen molar-refractivity contribution in [3.8, 4) is 0 Å². The number of carboxylic acids is 1. The van der Waals surface area contributed by atoms with E-state index in [4.69, 9.17) is 5.11 Å². The van der Waals surface area contributed by atoms with Crippen molar-refractivity contribution in [3.63, 3.8) is 0 Å². The minimum absolute atomic E-state index is 0.267. The number of nitrogens with one attached hydrogen (secondary N) is 1. The average Bonchev–Trinajstić information content (AvgIpc) is 2.16. The molecule has 1 rings (SSSR count). The van der Waals surface area contributed by atoms with Gasteiger partial charge in [0.15, 0.2) is 0 Å². The van der Waals surface area contributed by atoms with Crippen molar-refractivity contribution >= 4 is 5.97 Å². The second kappa shape index (κ2) is 6.02. The molecule has 0 bridgehead atoms. The Morgan fingerprint density at radius 3 is 2.94 bits per heavy atom. The number of rotatable bonds is 5. The van der Waals surface area contributed by atoms with Crippen LogP contribution in [-0.2, 0) is 11.3 Å².